The van der Waals surface area contributed by atoms with Crippen LogP contribution in [0.3, 0.4) is 0 Å². The zero-order valence-corrected chi connectivity index (χ0v) is 12.7. The van der Waals surface area contributed by atoms with Gasteiger partial charge in [0.25, 0.3) is 0 Å². The first-order chi connectivity index (χ1) is 8.36. The highest BCUT2D eigenvalue weighted by Gasteiger charge is 2.19. The van der Waals surface area contributed by atoms with Crippen LogP contribution in [0, 0.1) is 5.92 Å². The summed E-state index contributed by atoms with van der Waals surface area (Å²) in [5.74, 6) is 3.66. The predicted molar refractivity (Wildman–Crippen MR) is 80.9 cm³/mol. The molecule has 0 amide bonds. The molecule has 1 aliphatic rings. The van der Waals surface area contributed by atoms with Crippen LogP contribution < -0.4 is 5.32 Å². The molecular weight excluding hydrogens is 226 g/mol. The number of hydrogen-bond donors (Lipinski definition) is 1. The Bertz CT molecular complexity index is 172. The summed E-state index contributed by atoms with van der Waals surface area (Å²) < 4.78 is 0. The Kier molecular flexibility index (Phi) is 9.27. The largest absolute Gasteiger partial charge is 0.314 e. The average Bonchev–Trinajstić information content (AvgIpc) is 2.57. The molecule has 0 saturated heterocycles. The predicted octanol–water partition coefficient (Wildman–Crippen LogP) is 4.47. The van der Waals surface area contributed by atoms with E-state index in [1.165, 1.54) is 69.4 Å². The van der Waals surface area contributed by atoms with Crippen molar-refractivity contribution < 1.29 is 0 Å². The molecule has 1 N–H and O–H groups in total. The number of hydrogen-bond acceptors (Lipinski definition) is 2. The van der Waals surface area contributed by atoms with Crippen molar-refractivity contribution in [3.05, 3.63) is 0 Å². The first kappa shape index (κ1) is 15.4. The summed E-state index contributed by atoms with van der Waals surface area (Å²) in [6.45, 7) is 5.74. The fraction of sp³-hybridized carbons (Fsp3) is 1.00. The van der Waals surface area contributed by atoms with E-state index >= 15 is 0 Å². The van der Waals surface area contributed by atoms with Crippen LogP contribution in [0.4, 0.5) is 0 Å². The van der Waals surface area contributed by atoms with Crippen LogP contribution in [0.25, 0.3) is 0 Å². The summed E-state index contributed by atoms with van der Waals surface area (Å²) in [4.78, 5) is 0. The number of rotatable bonds is 8. The van der Waals surface area contributed by atoms with E-state index in [2.05, 4.69) is 30.9 Å². The summed E-state index contributed by atoms with van der Waals surface area (Å²) in [6, 6.07) is 0.821. The van der Waals surface area contributed by atoms with Gasteiger partial charge in [-0.3, -0.25) is 0 Å². The van der Waals surface area contributed by atoms with Crippen molar-refractivity contribution in [2.75, 3.05) is 18.1 Å². The Balaban J connectivity index is 2.18. The Labute approximate surface area is 113 Å². The minimum Gasteiger partial charge on any atom is -0.314 e. The van der Waals surface area contributed by atoms with Crippen molar-refractivity contribution in [1.29, 1.82) is 0 Å². The minimum atomic E-state index is 0.821. The molecule has 0 aromatic heterocycles. The Morgan fingerprint density at radius 2 is 2.00 bits per heavy atom. The second-order valence-electron chi connectivity index (χ2n) is 5.38. The molecule has 102 valence electrons. The van der Waals surface area contributed by atoms with Crippen molar-refractivity contribution in [1.82, 2.24) is 5.32 Å². The first-order valence-electron chi connectivity index (χ1n) is 7.68. The molecular formula is C15H31NS. The molecule has 1 aliphatic carbocycles. The molecule has 1 fully saturated rings. The maximum atomic E-state index is 3.74. The lowest BCUT2D eigenvalue weighted by atomic mass is 9.93. The Morgan fingerprint density at radius 1 is 1.18 bits per heavy atom. The summed E-state index contributed by atoms with van der Waals surface area (Å²) in [5.41, 5.74) is 0. The van der Waals surface area contributed by atoms with Crippen LogP contribution in [0.1, 0.15) is 65.2 Å². The van der Waals surface area contributed by atoms with Gasteiger partial charge < -0.3 is 5.32 Å². The van der Waals surface area contributed by atoms with Crippen molar-refractivity contribution >= 4 is 11.8 Å². The van der Waals surface area contributed by atoms with E-state index in [1.807, 2.05) is 0 Å². The summed E-state index contributed by atoms with van der Waals surface area (Å²) in [5, 5.41) is 3.74. The SMILES string of the molecule is CCCNC1CCCCC(CCCSCC)C1. The van der Waals surface area contributed by atoms with Crippen LogP contribution in [-0.4, -0.2) is 24.1 Å². The van der Waals surface area contributed by atoms with Crippen LogP contribution in [-0.2, 0) is 0 Å². The number of nitrogens with one attached hydrogen (secondary N) is 1. The van der Waals surface area contributed by atoms with Crippen molar-refractivity contribution in [2.24, 2.45) is 5.92 Å². The standard InChI is InChI=1S/C15H31NS/c1-3-11-16-15-10-6-5-8-14(13-15)9-7-12-17-4-2/h14-16H,3-13H2,1-2H3. The summed E-state index contributed by atoms with van der Waals surface area (Å²) in [6.07, 6.45) is 11.4. The van der Waals surface area contributed by atoms with Crippen molar-refractivity contribution in [2.45, 2.75) is 71.3 Å². The molecule has 2 unspecified atom stereocenters. The van der Waals surface area contributed by atoms with E-state index < -0.39 is 0 Å². The molecule has 0 spiro atoms. The third kappa shape index (κ3) is 7.35. The average molecular weight is 257 g/mol. The molecule has 1 nitrogen and oxygen atoms in total. The third-order valence-electron chi connectivity index (χ3n) is 3.82. The van der Waals surface area contributed by atoms with Crippen LogP contribution >= 0.6 is 11.8 Å². The normalized spacial score (nSPS) is 25.8. The zero-order chi connectivity index (χ0) is 12.3. The fourth-order valence-corrected chi connectivity index (χ4v) is 3.54. The molecule has 0 radical (unpaired) electrons. The molecule has 0 heterocycles. The molecule has 1 rings (SSSR count). The maximum absolute atomic E-state index is 3.74. The molecule has 1 saturated carbocycles. The number of thioether (sulfide) groups is 1. The minimum absolute atomic E-state index is 0.821. The molecule has 2 heteroatoms. The Morgan fingerprint density at radius 3 is 2.76 bits per heavy atom. The van der Waals surface area contributed by atoms with Gasteiger partial charge in [0.15, 0.2) is 0 Å². The van der Waals surface area contributed by atoms with Crippen LogP contribution in [0.15, 0.2) is 0 Å². The smallest absolute Gasteiger partial charge is 0.00696 e. The molecule has 2 atom stereocenters. The highest BCUT2D eigenvalue weighted by molar-refractivity contribution is 7.99. The van der Waals surface area contributed by atoms with E-state index in [1.54, 1.807) is 0 Å². The van der Waals surface area contributed by atoms with Crippen LogP contribution in [0.2, 0.25) is 0 Å². The highest BCUT2D eigenvalue weighted by Crippen LogP contribution is 2.27. The maximum Gasteiger partial charge on any atom is 0.00696 e. The van der Waals surface area contributed by atoms with Gasteiger partial charge >= 0.3 is 0 Å². The van der Waals surface area contributed by atoms with Gasteiger partial charge in [0.2, 0.25) is 0 Å². The molecule has 0 aliphatic heterocycles. The van der Waals surface area contributed by atoms with E-state index in [0.29, 0.717) is 0 Å². The van der Waals surface area contributed by atoms with Gasteiger partial charge in [0, 0.05) is 6.04 Å². The van der Waals surface area contributed by atoms with E-state index in [4.69, 9.17) is 0 Å². The molecule has 0 aromatic rings. The van der Waals surface area contributed by atoms with E-state index in [-0.39, 0.29) is 0 Å². The lowest BCUT2D eigenvalue weighted by Crippen LogP contribution is -2.30. The summed E-state index contributed by atoms with van der Waals surface area (Å²) in [7, 11) is 0. The zero-order valence-electron chi connectivity index (χ0n) is 11.8. The van der Waals surface area contributed by atoms with Gasteiger partial charge in [-0.25, -0.2) is 0 Å². The first-order valence-corrected chi connectivity index (χ1v) is 8.83. The second kappa shape index (κ2) is 10.3. The van der Waals surface area contributed by atoms with E-state index in [0.717, 1.165) is 12.0 Å². The van der Waals surface area contributed by atoms with Crippen molar-refractivity contribution in [3.8, 4) is 0 Å². The van der Waals surface area contributed by atoms with E-state index in [9.17, 15) is 0 Å². The third-order valence-corrected chi connectivity index (χ3v) is 4.81. The highest BCUT2D eigenvalue weighted by atomic mass is 32.2. The quantitative estimate of drug-likeness (QED) is 0.509. The Hall–Kier alpha value is 0.310. The van der Waals surface area contributed by atoms with Gasteiger partial charge in [0.1, 0.15) is 0 Å². The molecule has 0 bridgehead atoms. The van der Waals surface area contributed by atoms with Crippen molar-refractivity contribution in [3.63, 3.8) is 0 Å². The van der Waals surface area contributed by atoms with Crippen LogP contribution in [0.5, 0.6) is 0 Å². The van der Waals surface area contributed by atoms with Gasteiger partial charge in [-0.05, 0) is 56.1 Å². The fourth-order valence-electron chi connectivity index (χ4n) is 2.88. The van der Waals surface area contributed by atoms with Gasteiger partial charge in [-0.2, -0.15) is 11.8 Å². The summed E-state index contributed by atoms with van der Waals surface area (Å²) >= 11 is 2.10. The molecule has 17 heavy (non-hydrogen) atoms. The topological polar surface area (TPSA) is 12.0 Å². The lowest BCUT2D eigenvalue weighted by Gasteiger charge is -2.21. The van der Waals surface area contributed by atoms with Gasteiger partial charge in [-0.15, -0.1) is 0 Å². The second-order valence-corrected chi connectivity index (χ2v) is 6.77. The van der Waals surface area contributed by atoms with Gasteiger partial charge in [0.05, 0.1) is 0 Å². The lowest BCUT2D eigenvalue weighted by molar-refractivity contribution is 0.367. The molecule has 0 aromatic carbocycles. The van der Waals surface area contributed by atoms with Gasteiger partial charge in [-0.1, -0.05) is 33.1 Å². The monoisotopic (exact) mass is 257 g/mol.